The molecule has 2 N–H and O–H groups in total. The lowest BCUT2D eigenvalue weighted by Gasteiger charge is -2.32. The predicted molar refractivity (Wildman–Crippen MR) is 149 cm³/mol. The number of primary amides is 1. The van der Waals surface area contributed by atoms with Gasteiger partial charge in [-0.3, -0.25) is 4.57 Å². The van der Waals surface area contributed by atoms with Crippen LogP contribution in [0.25, 0.3) is 5.69 Å². The number of fused-ring (bicyclic) bond motifs is 3. The average molecular weight is 569 g/mol. The lowest BCUT2D eigenvalue weighted by atomic mass is 9.98. The van der Waals surface area contributed by atoms with Crippen LogP contribution in [0.5, 0.6) is 11.5 Å². The van der Waals surface area contributed by atoms with Crippen molar-refractivity contribution in [2.45, 2.75) is 64.2 Å². The van der Waals surface area contributed by atoms with E-state index < -0.39 is 22.7 Å². The number of halogens is 1. The number of para-hydroxylation sites is 1. The van der Waals surface area contributed by atoms with Crippen molar-refractivity contribution in [2.24, 2.45) is 5.73 Å². The molecule has 0 radical (unpaired) electrons. The second-order valence-electron chi connectivity index (χ2n) is 10.7. The number of likely N-dealkylation sites (tertiary alicyclic amines) is 1. The summed E-state index contributed by atoms with van der Waals surface area (Å²) >= 11 is 6.53. The number of hydrogen-bond acceptors (Lipinski definition) is 7. The third-order valence-corrected chi connectivity index (χ3v) is 8.37. The molecule has 3 aromatic rings. The average Bonchev–Trinajstić information content (AvgIpc) is 3.52. The maximum absolute atomic E-state index is 14.0. The number of aromatic nitrogens is 3. The maximum Gasteiger partial charge on any atom is 0.421 e. The Balaban J connectivity index is 1.72. The number of carbonyl (C=O) groups is 2. The number of rotatable bonds is 6. The number of nitrogens with two attached hydrogens (primary N) is 1. The van der Waals surface area contributed by atoms with Gasteiger partial charge in [0.05, 0.1) is 32.9 Å². The maximum atomic E-state index is 14.0. The molecular weight excluding hydrogens is 534 g/mol. The molecule has 0 saturated carbocycles. The first-order chi connectivity index (χ1) is 19.1. The number of methoxy groups -OCH3 is 2. The van der Waals surface area contributed by atoms with Crippen molar-refractivity contribution in [3.63, 3.8) is 0 Å². The number of urea groups is 1. The normalized spacial score (nSPS) is 23.8. The summed E-state index contributed by atoms with van der Waals surface area (Å²) in [5.74, 6) is 1.94. The molecular formula is C29H35ClN5O5+. The van der Waals surface area contributed by atoms with Crippen molar-refractivity contribution >= 4 is 23.5 Å². The molecule has 11 heteroatoms. The van der Waals surface area contributed by atoms with Crippen molar-refractivity contribution in [3.8, 4) is 17.2 Å². The van der Waals surface area contributed by atoms with Gasteiger partial charge < -0.3 is 19.9 Å². The van der Waals surface area contributed by atoms with Gasteiger partial charge in [0.25, 0.3) is 0 Å². The van der Waals surface area contributed by atoms with Crippen LogP contribution in [-0.2, 0) is 9.53 Å². The molecule has 3 unspecified atom stereocenters. The first kappa shape index (κ1) is 28.1. The van der Waals surface area contributed by atoms with Crippen LogP contribution in [0.2, 0.25) is 5.02 Å². The van der Waals surface area contributed by atoms with E-state index in [1.165, 1.54) is 0 Å². The predicted octanol–water partition coefficient (Wildman–Crippen LogP) is 5.22. The Morgan fingerprint density at radius 2 is 1.95 bits per heavy atom. The van der Waals surface area contributed by atoms with Crippen LogP contribution in [0.4, 0.5) is 4.79 Å². The lowest BCUT2D eigenvalue weighted by molar-refractivity contribution is -0.784. The second kappa shape index (κ2) is 10.8. The summed E-state index contributed by atoms with van der Waals surface area (Å²) in [5, 5.41) is 9.55. The van der Waals surface area contributed by atoms with Crippen molar-refractivity contribution in [3.05, 3.63) is 64.2 Å². The van der Waals surface area contributed by atoms with Crippen LogP contribution in [0, 0.1) is 0 Å². The Bertz CT molecular complexity index is 1460. The molecule has 0 spiro atoms. The van der Waals surface area contributed by atoms with Gasteiger partial charge in [0.1, 0.15) is 24.1 Å². The molecule has 2 aromatic carbocycles. The quantitative estimate of drug-likeness (QED) is 0.405. The van der Waals surface area contributed by atoms with Gasteiger partial charge in [0.15, 0.2) is 17.3 Å². The van der Waals surface area contributed by atoms with E-state index in [4.69, 9.17) is 31.5 Å². The first-order valence-electron chi connectivity index (χ1n) is 13.5. The molecule has 2 aliphatic rings. The number of ether oxygens (including phenoxy) is 3. The van der Waals surface area contributed by atoms with Crippen molar-refractivity contribution in [1.29, 1.82) is 0 Å². The zero-order valence-electron chi connectivity index (χ0n) is 23.4. The van der Waals surface area contributed by atoms with Crippen molar-refractivity contribution in [2.75, 3.05) is 20.8 Å². The van der Waals surface area contributed by atoms with Gasteiger partial charge in [-0.25, -0.2) is 9.59 Å². The minimum atomic E-state index is -0.846. The second-order valence-corrected chi connectivity index (χ2v) is 11.2. The smallest absolute Gasteiger partial charge is 0.421 e. The number of quaternary nitrogens is 1. The molecule has 4 atom stereocenters. The van der Waals surface area contributed by atoms with E-state index in [0.29, 0.717) is 40.3 Å². The van der Waals surface area contributed by atoms with E-state index in [-0.39, 0.29) is 24.3 Å². The standard InChI is InChI=1S/C29H34ClN5O5/c1-16(2)27-32-33-28-23(15-24(36)35(29(31)37)13-7-8-17(35)3)40-25(19-9-6-10-22(38-4)26(19)39-5)20-14-18(30)11-12-21(20)34(27)28/h6,9-12,14,16-17,23,25H,7-8,13,15H2,1-5H3,(H-,31,37)/p+1/t17-,23?,25?,35?/m1/s1. The molecule has 212 valence electrons. The fourth-order valence-electron chi connectivity index (χ4n) is 6.09. The molecule has 3 amide bonds. The third kappa shape index (κ3) is 4.44. The monoisotopic (exact) mass is 568 g/mol. The molecule has 2 aliphatic heterocycles. The molecule has 3 heterocycles. The zero-order valence-corrected chi connectivity index (χ0v) is 24.1. The summed E-state index contributed by atoms with van der Waals surface area (Å²) in [5.41, 5.74) is 8.10. The molecule has 1 fully saturated rings. The van der Waals surface area contributed by atoms with E-state index >= 15 is 0 Å². The van der Waals surface area contributed by atoms with Crippen LogP contribution in [-0.4, -0.2) is 58.0 Å². The topological polar surface area (TPSA) is 119 Å². The largest absolute Gasteiger partial charge is 0.493 e. The van der Waals surface area contributed by atoms with E-state index in [9.17, 15) is 9.59 Å². The highest BCUT2D eigenvalue weighted by Crippen LogP contribution is 2.47. The molecule has 5 rings (SSSR count). The van der Waals surface area contributed by atoms with E-state index in [2.05, 4.69) is 10.2 Å². The van der Waals surface area contributed by atoms with Gasteiger partial charge in [-0.2, -0.15) is 4.48 Å². The number of nitrogens with zero attached hydrogens (tertiary/aromatic N) is 4. The third-order valence-electron chi connectivity index (χ3n) is 8.13. The van der Waals surface area contributed by atoms with Gasteiger partial charge in [0.2, 0.25) is 0 Å². The fraction of sp³-hybridized carbons (Fsp3) is 0.448. The molecule has 40 heavy (non-hydrogen) atoms. The van der Waals surface area contributed by atoms with Crippen LogP contribution in [0.1, 0.15) is 80.9 Å². The zero-order chi connectivity index (χ0) is 28.8. The van der Waals surface area contributed by atoms with E-state index in [0.717, 1.165) is 24.1 Å². The summed E-state index contributed by atoms with van der Waals surface area (Å²) in [6, 6.07) is 10.3. The Morgan fingerprint density at radius 3 is 2.58 bits per heavy atom. The Labute approximate surface area is 238 Å². The summed E-state index contributed by atoms with van der Waals surface area (Å²) in [6.45, 7) is 6.32. The minimum absolute atomic E-state index is 0.0200. The van der Waals surface area contributed by atoms with Crippen LogP contribution >= 0.6 is 11.6 Å². The SMILES string of the molecule is COc1cccc(C2OC(CC(=O)[N+]3(C(N)=O)CCC[C@H]3C)c3nnc(C(C)C)n3-c3ccc(Cl)cc32)c1OC. The van der Waals surface area contributed by atoms with Crippen LogP contribution in [0.3, 0.4) is 0 Å². The van der Waals surface area contributed by atoms with Crippen molar-refractivity contribution < 1.29 is 28.3 Å². The van der Waals surface area contributed by atoms with Gasteiger partial charge in [-0.1, -0.05) is 37.6 Å². The highest BCUT2D eigenvalue weighted by atomic mass is 35.5. The number of carbonyl (C=O) groups excluding carboxylic acids is 2. The summed E-state index contributed by atoms with van der Waals surface area (Å²) in [7, 11) is 3.14. The molecule has 1 saturated heterocycles. The number of amides is 3. The van der Waals surface area contributed by atoms with Crippen LogP contribution in [0.15, 0.2) is 36.4 Å². The van der Waals surface area contributed by atoms with Crippen molar-refractivity contribution in [1.82, 2.24) is 14.8 Å². The molecule has 0 bridgehead atoms. The van der Waals surface area contributed by atoms with Gasteiger partial charge in [-0.15, -0.1) is 10.2 Å². The van der Waals surface area contributed by atoms with Crippen LogP contribution < -0.4 is 15.2 Å². The summed E-state index contributed by atoms with van der Waals surface area (Å²) < 4.78 is 19.7. The first-order valence-corrected chi connectivity index (χ1v) is 13.8. The van der Waals surface area contributed by atoms with Gasteiger partial charge in [0, 0.05) is 34.9 Å². The highest BCUT2D eigenvalue weighted by molar-refractivity contribution is 6.30. The molecule has 10 nitrogen and oxygen atoms in total. The Morgan fingerprint density at radius 1 is 1.18 bits per heavy atom. The summed E-state index contributed by atoms with van der Waals surface area (Å²) in [4.78, 5) is 26.7. The summed E-state index contributed by atoms with van der Waals surface area (Å²) in [6.07, 6.45) is -0.198. The Hall–Kier alpha value is -3.47. The Kier molecular flexibility index (Phi) is 7.60. The number of hydrogen-bond donors (Lipinski definition) is 1. The molecule has 1 aromatic heterocycles. The fourth-order valence-corrected chi connectivity index (χ4v) is 6.27. The lowest BCUT2D eigenvalue weighted by Crippen LogP contribution is -2.61. The van der Waals surface area contributed by atoms with Gasteiger partial charge in [-0.05, 0) is 31.2 Å². The number of imide groups is 1. The highest BCUT2D eigenvalue weighted by Gasteiger charge is 2.52. The van der Waals surface area contributed by atoms with E-state index in [1.54, 1.807) is 26.4 Å². The minimum Gasteiger partial charge on any atom is -0.493 e. The van der Waals surface area contributed by atoms with Gasteiger partial charge >= 0.3 is 11.9 Å². The molecule has 0 aliphatic carbocycles. The number of benzene rings is 2. The van der Waals surface area contributed by atoms with E-state index in [1.807, 2.05) is 49.6 Å².